The number of carboxylic acids is 1. The Kier molecular flexibility index (Phi) is 7.17. The minimum absolute atomic E-state index is 0.0821. The smallest absolute Gasteiger partial charge is 0.371 e. The molecule has 7 heteroatoms. The van der Waals surface area contributed by atoms with Crippen molar-refractivity contribution >= 4 is 22.7 Å². The number of Topliss-reactive ketones (excluding diaryl/α,β-unsaturated/α-hetero) is 1. The summed E-state index contributed by atoms with van der Waals surface area (Å²) in [5.74, 6) is 1.15. The van der Waals surface area contributed by atoms with Gasteiger partial charge in [-0.25, -0.2) is 4.79 Å². The first-order valence-corrected chi connectivity index (χ1v) is 11.4. The number of fused-ring (bicyclic) bond motifs is 2. The van der Waals surface area contributed by atoms with E-state index in [0.29, 0.717) is 54.3 Å². The summed E-state index contributed by atoms with van der Waals surface area (Å²) < 4.78 is 22.9. The largest absolute Gasteiger partial charge is 0.494 e. The Morgan fingerprint density at radius 3 is 2.67 bits per heavy atom. The lowest BCUT2D eigenvalue weighted by molar-refractivity contribution is 0.0664. The van der Waals surface area contributed by atoms with Gasteiger partial charge in [0.15, 0.2) is 5.78 Å². The van der Waals surface area contributed by atoms with E-state index < -0.39 is 5.97 Å². The fraction of sp³-hybridized carbons (Fsp3) is 0.385. The van der Waals surface area contributed by atoms with E-state index in [-0.39, 0.29) is 11.5 Å². The third-order valence-electron chi connectivity index (χ3n) is 5.61. The van der Waals surface area contributed by atoms with Crippen LogP contribution < -0.4 is 14.2 Å². The second-order valence-electron chi connectivity index (χ2n) is 8.06. The van der Waals surface area contributed by atoms with Gasteiger partial charge < -0.3 is 23.7 Å². The molecule has 7 nitrogen and oxygen atoms in total. The topological polar surface area (TPSA) is 95.2 Å². The van der Waals surface area contributed by atoms with E-state index in [1.165, 1.54) is 6.07 Å². The molecule has 1 aliphatic rings. The van der Waals surface area contributed by atoms with Gasteiger partial charge in [0.1, 0.15) is 22.8 Å². The van der Waals surface area contributed by atoms with Crippen molar-refractivity contribution in [2.75, 3.05) is 19.8 Å². The van der Waals surface area contributed by atoms with Crippen molar-refractivity contribution in [2.24, 2.45) is 0 Å². The Labute approximate surface area is 192 Å². The van der Waals surface area contributed by atoms with Crippen LogP contribution in [0.4, 0.5) is 0 Å². The summed E-state index contributed by atoms with van der Waals surface area (Å²) >= 11 is 0. The predicted octanol–water partition coefficient (Wildman–Crippen LogP) is 5.68. The number of unbranched alkanes of at least 4 members (excludes halogenated alkanes) is 2. The first-order chi connectivity index (χ1) is 16.1. The number of carbonyl (C=O) groups is 2. The molecule has 3 aromatic rings. The van der Waals surface area contributed by atoms with Crippen LogP contribution >= 0.6 is 0 Å². The molecule has 0 spiro atoms. The number of furan rings is 1. The molecule has 174 valence electrons. The van der Waals surface area contributed by atoms with E-state index in [1.54, 1.807) is 18.2 Å². The van der Waals surface area contributed by atoms with Gasteiger partial charge in [0, 0.05) is 17.4 Å². The first-order valence-electron chi connectivity index (χ1n) is 11.4. The average Bonchev–Trinajstić information content (AvgIpc) is 3.24. The predicted molar refractivity (Wildman–Crippen MR) is 123 cm³/mol. The molecule has 1 aromatic heterocycles. The van der Waals surface area contributed by atoms with E-state index in [9.17, 15) is 9.59 Å². The molecule has 0 unspecified atom stereocenters. The lowest BCUT2D eigenvalue weighted by atomic mass is 9.98. The van der Waals surface area contributed by atoms with Gasteiger partial charge >= 0.3 is 5.97 Å². The van der Waals surface area contributed by atoms with Crippen molar-refractivity contribution in [3.63, 3.8) is 0 Å². The van der Waals surface area contributed by atoms with Gasteiger partial charge in [0.25, 0.3) is 0 Å². The molecule has 0 amide bonds. The molecule has 2 heterocycles. The summed E-state index contributed by atoms with van der Waals surface area (Å²) in [6, 6.07) is 10.5. The summed E-state index contributed by atoms with van der Waals surface area (Å²) in [6.07, 6.45) is 4.89. The molecule has 0 fully saturated rings. The minimum atomic E-state index is -1.09. The number of ether oxygens (including phenoxy) is 3. The maximum Gasteiger partial charge on any atom is 0.371 e. The fourth-order valence-corrected chi connectivity index (χ4v) is 3.97. The lowest BCUT2D eigenvalue weighted by Crippen LogP contribution is -2.17. The van der Waals surface area contributed by atoms with Crippen LogP contribution in [0.3, 0.4) is 0 Å². The highest BCUT2D eigenvalue weighted by molar-refractivity contribution is 6.00. The highest BCUT2D eigenvalue weighted by Gasteiger charge is 2.23. The molecule has 0 aliphatic carbocycles. The van der Waals surface area contributed by atoms with Crippen molar-refractivity contribution in [1.29, 1.82) is 0 Å². The number of ketones is 1. The molecular formula is C26H28O7. The average molecular weight is 453 g/mol. The van der Waals surface area contributed by atoms with Crippen molar-refractivity contribution in [3.8, 4) is 17.2 Å². The second kappa shape index (κ2) is 10.4. The van der Waals surface area contributed by atoms with E-state index >= 15 is 0 Å². The van der Waals surface area contributed by atoms with Crippen LogP contribution in [0.5, 0.6) is 17.2 Å². The Morgan fingerprint density at radius 1 is 1.06 bits per heavy atom. The number of hydrogen-bond acceptors (Lipinski definition) is 6. The highest BCUT2D eigenvalue weighted by atomic mass is 16.5. The molecular weight excluding hydrogens is 424 g/mol. The Bertz CT molecular complexity index is 1140. The van der Waals surface area contributed by atoms with Crippen molar-refractivity contribution in [1.82, 2.24) is 0 Å². The number of hydrogen-bond donors (Lipinski definition) is 1. The monoisotopic (exact) mass is 452 g/mol. The zero-order valence-corrected chi connectivity index (χ0v) is 18.7. The van der Waals surface area contributed by atoms with Gasteiger partial charge in [0.2, 0.25) is 5.76 Å². The quantitative estimate of drug-likeness (QED) is 0.374. The number of carbonyl (C=O) groups excluding carboxylic acids is 1. The van der Waals surface area contributed by atoms with Gasteiger partial charge in [-0.2, -0.15) is 0 Å². The highest BCUT2D eigenvalue weighted by Crippen LogP contribution is 2.36. The van der Waals surface area contributed by atoms with E-state index in [4.69, 9.17) is 23.7 Å². The Morgan fingerprint density at radius 2 is 1.88 bits per heavy atom. The summed E-state index contributed by atoms with van der Waals surface area (Å²) in [6.45, 7) is 3.68. The van der Waals surface area contributed by atoms with Gasteiger partial charge in [0.05, 0.1) is 25.4 Å². The second-order valence-corrected chi connectivity index (χ2v) is 8.06. The van der Waals surface area contributed by atoms with Crippen LogP contribution in [0.25, 0.3) is 11.0 Å². The van der Waals surface area contributed by atoms with Crippen LogP contribution in [-0.4, -0.2) is 36.7 Å². The Hall–Kier alpha value is -3.48. The van der Waals surface area contributed by atoms with Crippen LogP contribution in [0, 0.1) is 0 Å². The third kappa shape index (κ3) is 5.30. The molecule has 1 aliphatic heterocycles. The first kappa shape index (κ1) is 22.7. The van der Waals surface area contributed by atoms with E-state index in [2.05, 4.69) is 6.92 Å². The van der Waals surface area contributed by atoms with Gasteiger partial charge in [-0.3, -0.25) is 4.79 Å². The van der Waals surface area contributed by atoms with Crippen LogP contribution in [0.15, 0.2) is 40.8 Å². The van der Waals surface area contributed by atoms with Crippen LogP contribution in [0.2, 0.25) is 0 Å². The molecule has 0 saturated heterocycles. The molecule has 0 bridgehead atoms. The number of rotatable bonds is 11. The summed E-state index contributed by atoms with van der Waals surface area (Å²) in [4.78, 5) is 23.2. The number of aromatic carboxylic acids is 1. The maximum absolute atomic E-state index is 12.1. The van der Waals surface area contributed by atoms with Gasteiger partial charge in [-0.1, -0.05) is 13.3 Å². The number of benzene rings is 2. The molecule has 0 radical (unpaired) electrons. The normalized spacial score (nSPS) is 12.9. The Balaban J connectivity index is 1.23. The minimum Gasteiger partial charge on any atom is -0.494 e. The zero-order chi connectivity index (χ0) is 23.2. The van der Waals surface area contributed by atoms with E-state index in [0.717, 1.165) is 43.4 Å². The summed E-state index contributed by atoms with van der Waals surface area (Å²) in [7, 11) is 0. The molecule has 0 atom stereocenters. The molecule has 33 heavy (non-hydrogen) atoms. The lowest BCUT2D eigenvalue weighted by Gasteiger charge is -2.22. The summed E-state index contributed by atoms with van der Waals surface area (Å²) in [5, 5.41) is 9.73. The SMILES string of the molecule is CCCc1c(OCCCCCOc2ccc3oc(C(=O)O)cc3c2)ccc2c1OCCC2=O. The molecule has 2 aromatic carbocycles. The van der Waals surface area contributed by atoms with Crippen LogP contribution in [0.1, 0.15) is 65.5 Å². The molecule has 1 N–H and O–H groups in total. The zero-order valence-electron chi connectivity index (χ0n) is 18.7. The van der Waals surface area contributed by atoms with Gasteiger partial charge in [-0.15, -0.1) is 0 Å². The molecule has 4 rings (SSSR count). The summed E-state index contributed by atoms with van der Waals surface area (Å²) in [5.41, 5.74) is 2.19. The maximum atomic E-state index is 12.1. The van der Waals surface area contributed by atoms with Gasteiger partial charge in [-0.05, 0) is 62.1 Å². The van der Waals surface area contributed by atoms with Crippen molar-refractivity contribution < 1.29 is 33.3 Å². The van der Waals surface area contributed by atoms with Crippen LogP contribution in [-0.2, 0) is 6.42 Å². The third-order valence-corrected chi connectivity index (χ3v) is 5.61. The van der Waals surface area contributed by atoms with Crippen molar-refractivity contribution in [3.05, 3.63) is 53.3 Å². The fourth-order valence-electron chi connectivity index (χ4n) is 3.97. The standard InChI is InChI=1S/C26H28O7/c1-2-6-20-23(10-8-19-21(27)11-14-32-25(19)20)31-13-5-3-4-12-30-18-7-9-22-17(15-18)16-24(33-22)26(28)29/h7-10,15-16H,2-6,11-14H2,1H3,(H,28,29). The molecule has 0 saturated carbocycles. The number of carboxylic acid groups (broad SMARTS) is 1. The van der Waals surface area contributed by atoms with E-state index in [1.807, 2.05) is 12.1 Å². The van der Waals surface area contributed by atoms with Crippen molar-refractivity contribution in [2.45, 2.75) is 45.4 Å².